The van der Waals surface area contributed by atoms with Crippen LogP contribution in [0, 0.1) is 0 Å². The number of amidine groups is 2. The van der Waals surface area contributed by atoms with Crippen molar-refractivity contribution in [2.75, 3.05) is 18.8 Å². The molecule has 0 fully saturated rings. The molecule has 0 aliphatic carbocycles. The number of hydrogen-bond acceptors (Lipinski definition) is 5. The Hall–Kier alpha value is -0.0400. The minimum absolute atomic E-state index is 0. The molecule has 122 valence electrons. The third-order valence-corrected chi connectivity index (χ3v) is 4.48. The first-order chi connectivity index (χ1) is 9.06. The summed E-state index contributed by atoms with van der Waals surface area (Å²) in [5.41, 5.74) is 1.35. The molecule has 0 atom stereocenters. The Morgan fingerprint density at radius 2 is 2.14 bits per heavy atom. The van der Waals surface area contributed by atoms with Crippen LogP contribution in [0.2, 0.25) is 0 Å². The van der Waals surface area contributed by atoms with Crippen LogP contribution in [0.1, 0.15) is 27.7 Å². The van der Waals surface area contributed by atoms with Crippen molar-refractivity contribution in [1.29, 1.82) is 0 Å². The van der Waals surface area contributed by atoms with Gasteiger partial charge in [0.15, 0.2) is 10.3 Å². The van der Waals surface area contributed by atoms with E-state index >= 15 is 0 Å². The maximum atomic E-state index is 4.65. The normalized spacial score (nSPS) is 17.2. The highest BCUT2D eigenvalue weighted by Crippen LogP contribution is 2.31. The lowest BCUT2D eigenvalue weighted by Crippen LogP contribution is -2.30. The first-order valence-electron chi connectivity index (χ1n) is 6.71. The van der Waals surface area contributed by atoms with Crippen LogP contribution in [0.3, 0.4) is 0 Å². The Labute approximate surface area is 148 Å². The molecule has 2 aliphatic heterocycles. The predicted molar refractivity (Wildman–Crippen MR) is 102 cm³/mol. The molecular formula is C13H24Cl2N4S2. The van der Waals surface area contributed by atoms with E-state index in [0.717, 1.165) is 29.2 Å². The number of thioether (sulfide) groups is 2. The van der Waals surface area contributed by atoms with Gasteiger partial charge in [-0.1, -0.05) is 23.5 Å². The summed E-state index contributed by atoms with van der Waals surface area (Å²) in [6, 6.07) is 0.741. The zero-order valence-electron chi connectivity index (χ0n) is 12.8. The van der Waals surface area contributed by atoms with Crippen LogP contribution in [0.4, 0.5) is 0 Å². The van der Waals surface area contributed by atoms with Gasteiger partial charge in [0.1, 0.15) is 0 Å². The van der Waals surface area contributed by atoms with Crippen LogP contribution >= 0.6 is 48.3 Å². The van der Waals surface area contributed by atoms with E-state index in [-0.39, 0.29) is 24.8 Å². The minimum atomic E-state index is 0. The second-order valence-corrected chi connectivity index (χ2v) is 6.96. The molecule has 0 radical (unpaired) electrons. The molecule has 2 rings (SSSR count). The first-order valence-corrected chi connectivity index (χ1v) is 8.57. The van der Waals surface area contributed by atoms with Crippen LogP contribution in [-0.2, 0) is 0 Å². The van der Waals surface area contributed by atoms with E-state index in [9.17, 15) is 0 Å². The third kappa shape index (κ3) is 6.30. The molecule has 0 aromatic heterocycles. The largest absolute Gasteiger partial charge is 0.363 e. The van der Waals surface area contributed by atoms with Gasteiger partial charge in [-0.2, -0.15) is 0 Å². The summed E-state index contributed by atoms with van der Waals surface area (Å²) >= 11 is 3.53. The SMILES string of the molecule is CC(C)N=C(NC(C)C)SCC1=CSC2=NCCN12.Cl.Cl. The molecule has 0 saturated heterocycles. The van der Waals surface area contributed by atoms with Gasteiger partial charge >= 0.3 is 0 Å². The molecule has 0 amide bonds. The van der Waals surface area contributed by atoms with Crippen molar-refractivity contribution in [2.45, 2.75) is 39.8 Å². The summed E-state index contributed by atoms with van der Waals surface area (Å²) in [4.78, 5) is 11.4. The minimum Gasteiger partial charge on any atom is -0.363 e. The van der Waals surface area contributed by atoms with Crippen molar-refractivity contribution in [3.63, 3.8) is 0 Å². The highest BCUT2D eigenvalue weighted by atomic mass is 35.5. The van der Waals surface area contributed by atoms with Gasteiger partial charge in [-0.15, -0.1) is 24.8 Å². The van der Waals surface area contributed by atoms with Crippen LogP contribution in [-0.4, -0.2) is 46.2 Å². The summed E-state index contributed by atoms with van der Waals surface area (Å²) in [5, 5.41) is 7.84. The smallest absolute Gasteiger partial charge is 0.167 e. The van der Waals surface area contributed by atoms with Crippen molar-refractivity contribution in [3.05, 3.63) is 11.1 Å². The molecule has 0 unspecified atom stereocenters. The Bertz CT molecular complexity index is 422. The van der Waals surface area contributed by atoms with E-state index in [1.807, 2.05) is 0 Å². The van der Waals surface area contributed by atoms with Crippen LogP contribution in [0.15, 0.2) is 21.1 Å². The number of rotatable bonds is 4. The molecular weight excluding hydrogens is 347 g/mol. The van der Waals surface area contributed by atoms with Crippen LogP contribution in [0.5, 0.6) is 0 Å². The van der Waals surface area contributed by atoms with E-state index in [2.05, 4.69) is 53.3 Å². The maximum absolute atomic E-state index is 4.65. The molecule has 21 heavy (non-hydrogen) atoms. The molecule has 0 saturated carbocycles. The van der Waals surface area contributed by atoms with Gasteiger partial charge in [-0.05, 0) is 33.1 Å². The van der Waals surface area contributed by atoms with E-state index in [1.165, 1.54) is 5.70 Å². The molecule has 0 aromatic carbocycles. The second kappa shape index (κ2) is 9.87. The lowest BCUT2D eigenvalue weighted by molar-refractivity contribution is 0.579. The van der Waals surface area contributed by atoms with Gasteiger partial charge in [0.25, 0.3) is 0 Å². The van der Waals surface area contributed by atoms with Crippen molar-refractivity contribution in [3.8, 4) is 0 Å². The molecule has 2 aliphatic rings. The molecule has 0 bridgehead atoms. The maximum Gasteiger partial charge on any atom is 0.167 e. The van der Waals surface area contributed by atoms with E-state index in [4.69, 9.17) is 0 Å². The summed E-state index contributed by atoms with van der Waals surface area (Å²) in [6.45, 7) is 10.5. The Morgan fingerprint density at radius 3 is 2.76 bits per heavy atom. The average Bonchev–Trinajstić information content (AvgIpc) is 2.86. The highest BCUT2D eigenvalue weighted by molar-refractivity contribution is 8.17. The number of hydrogen-bond donors (Lipinski definition) is 1. The topological polar surface area (TPSA) is 40.0 Å². The van der Waals surface area contributed by atoms with Gasteiger partial charge in [0.05, 0.1) is 6.54 Å². The van der Waals surface area contributed by atoms with Crippen LogP contribution < -0.4 is 5.32 Å². The number of fused-ring (bicyclic) bond motifs is 1. The van der Waals surface area contributed by atoms with Crippen molar-refractivity contribution in [1.82, 2.24) is 10.2 Å². The molecule has 2 heterocycles. The fourth-order valence-electron chi connectivity index (χ4n) is 1.83. The van der Waals surface area contributed by atoms with Gasteiger partial charge in [0.2, 0.25) is 0 Å². The Morgan fingerprint density at radius 1 is 1.43 bits per heavy atom. The Balaban J connectivity index is 0.00000200. The molecule has 0 aromatic rings. The monoisotopic (exact) mass is 370 g/mol. The van der Waals surface area contributed by atoms with Crippen LogP contribution in [0.25, 0.3) is 0 Å². The van der Waals surface area contributed by atoms with Crippen molar-refractivity contribution in [2.24, 2.45) is 9.98 Å². The number of nitrogens with zero attached hydrogens (tertiary/aromatic N) is 3. The number of aliphatic imine (C=N–C) groups is 2. The highest BCUT2D eigenvalue weighted by Gasteiger charge is 2.26. The molecule has 1 N–H and O–H groups in total. The van der Waals surface area contributed by atoms with E-state index in [0.29, 0.717) is 12.1 Å². The lowest BCUT2D eigenvalue weighted by atomic mass is 10.4. The quantitative estimate of drug-likeness (QED) is 0.606. The third-order valence-electron chi connectivity index (χ3n) is 2.59. The predicted octanol–water partition coefficient (Wildman–Crippen LogP) is 3.59. The molecule has 8 heteroatoms. The summed E-state index contributed by atoms with van der Waals surface area (Å²) in [5.74, 6) is 0.956. The Kier molecular flexibility index (Phi) is 9.85. The molecule has 4 nitrogen and oxygen atoms in total. The van der Waals surface area contributed by atoms with E-state index in [1.54, 1.807) is 23.5 Å². The summed E-state index contributed by atoms with van der Waals surface area (Å²) < 4.78 is 0. The fraction of sp³-hybridized carbons (Fsp3) is 0.692. The first kappa shape index (κ1) is 21.0. The van der Waals surface area contributed by atoms with Crippen molar-refractivity contribution < 1.29 is 0 Å². The van der Waals surface area contributed by atoms with Gasteiger partial charge in [-0.3, -0.25) is 9.98 Å². The molecule has 0 spiro atoms. The zero-order chi connectivity index (χ0) is 13.8. The standard InChI is InChI=1S/C13H22N4S2.2ClH/c1-9(2)15-12(16-10(3)4)18-7-11-8-19-13-14-5-6-17(11)13;;/h8-10H,5-7H2,1-4H3,(H,15,16);2*1H. The van der Waals surface area contributed by atoms with Crippen molar-refractivity contribution >= 4 is 58.7 Å². The second-order valence-electron chi connectivity index (χ2n) is 5.16. The fourth-order valence-corrected chi connectivity index (χ4v) is 4.02. The zero-order valence-corrected chi connectivity index (χ0v) is 16.1. The van der Waals surface area contributed by atoms with Gasteiger partial charge in [0, 0.05) is 30.1 Å². The van der Waals surface area contributed by atoms with Gasteiger partial charge in [-0.25, -0.2) is 0 Å². The number of nitrogens with one attached hydrogen (secondary N) is 1. The van der Waals surface area contributed by atoms with Gasteiger partial charge < -0.3 is 10.2 Å². The summed E-state index contributed by atoms with van der Waals surface area (Å²) in [7, 11) is 0. The van der Waals surface area contributed by atoms with E-state index < -0.39 is 0 Å². The lowest BCUT2D eigenvalue weighted by Gasteiger charge is -2.18. The number of halogens is 2. The average molecular weight is 371 g/mol. The summed E-state index contributed by atoms with van der Waals surface area (Å²) in [6.07, 6.45) is 0.